The Labute approximate surface area is 127 Å². The van der Waals surface area contributed by atoms with E-state index < -0.39 is 0 Å². The van der Waals surface area contributed by atoms with Crippen LogP contribution in [0.5, 0.6) is 0 Å². The highest BCUT2D eigenvalue weighted by molar-refractivity contribution is 5.75. The third-order valence-electron chi connectivity index (χ3n) is 4.02. The van der Waals surface area contributed by atoms with Crippen LogP contribution in [0.4, 0.5) is 5.69 Å². The van der Waals surface area contributed by atoms with Gasteiger partial charge >= 0.3 is 5.97 Å². The van der Waals surface area contributed by atoms with Crippen LogP contribution in [0.1, 0.15) is 31.4 Å². The third-order valence-corrected chi connectivity index (χ3v) is 4.02. The Hall–Kier alpha value is -1.55. The van der Waals surface area contributed by atoms with Crippen molar-refractivity contribution in [3.05, 3.63) is 29.3 Å². The van der Waals surface area contributed by atoms with E-state index in [2.05, 4.69) is 49.3 Å². The summed E-state index contributed by atoms with van der Waals surface area (Å²) < 4.78 is 4.88. The molecule has 0 radical (unpaired) electrons. The van der Waals surface area contributed by atoms with Crippen LogP contribution in [-0.2, 0) is 22.5 Å². The van der Waals surface area contributed by atoms with Crippen molar-refractivity contribution in [3.63, 3.8) is 0 Å². The monoisotopic (exact) mass is 290 g/mol. The third kappa shape index (κ3) is 3.97. The van der Waals surface area contributed by atoms with Crippen molar-refractivity contribution in [3.8, 4) is 0 Å². The molecule has 116 valence electrons. The summed E-state index contributed by atoms with van der Waals surface area (Å²) in [7, 11) is 3.57. The summed E-state index contributed by atoms with van der Waals surface area (Å²) >= 11 is 0. The Kier molecular flexibility index (Phi) is 5.23. The predicted molar refractivity (Wildman–Crippen MR) is 85.5 cm³/mol. The van der Waals surface area contributed by atoms with Gasteiger partial charge in [0.25, 0.3) is 0 Å². The summed E-state index contributed by atoms with van der Waals surface area (Å²) in [5, 5.41) is 3.33. The smallest absolute Gasteiger partial charge is 0.322 e. The van der Waals surface area contributed by atoms with Crippen LogP contribution in [0.3, 0.4) is 0 Å². The molecule has 1 aromatic carbocycles. The number of hydrogen-bond acceptors (Lipinski definition) is 4. The molecule has 0 fully saturated rings. The topological polar surface area (TPSA) is 41.6 Å². The fourth-order valence-electron chi connectivity index (χ4n) is 2.85. The molecule has 0 aliphatic carbocycles. The summed E-state index contributed by atoms with van der Waals surface area (Å²) in [6, 6.07) is 6.33. The number of rotatable bonds is 6. The quantitative estimate of drug-likeness (QED) is 0.817. The molecule has 4 heteroatoms. The SMILES string of the molecule is COC(=O)C(CC(C)C)NCc1ccc2c(c1)CCN2C. The van der Waals surface area contributed by atoms with Gasteiger partial charge < -0.3 is 15.0 Å². The van der Waals surface area contributed by atoms with Crippen molar-refractivity contribution in [1.29, 1.82) is 0 Å². The molecule has 1 atom stereocenters. The van der Waals surface area contributed by atoms with Crippen LogP contribution < -0.4 is 10.2 Å². The molecule has 1 aromatic rings. The Morgan fingerprint density at radius 1 is 1.43 bits per heavy atom. The zero-order valence-electron chi connectivity index (χ0n) is 13.5. The fourth-order valence-corrected chi connectivity index (χ4v) is 2.85. The Morgan fingerprint density at radius 3 is 2.86 bits per heavy atom. The number of benzene rings is 1. The zero-order chi connectivity index (χ0) is 15.4. The van der Waals surface area contributed by atoms with Gasteiger partial charge in [0, 0.05) is 25.8 Å². The van der Waals surface area contributed by atoms with Gasteiger partial charge in [-0.25, -0.2) is 0 Å². The number of nitrogens with one attached hydrogen (secondary N) is 1. The molecule has 1 unspecified atom stereocenters. The first-order valence-corrected chi connectivity index (χ1v) is 7.65. The van der Waals surface area contributed by atoms with Crippen molar-refractivity contribution in [2.24, 2.45) is 5.92 Å². The summed E-state index contributed by atoms with van der Waals surface area (Å²) in [5.41, 5.74) is 3.95. The molecule has 0 saturated carbocycles. The molecule has 0 saturated heterocycles. The number of fused-ring (bicyclic) bond motifs is 1. The van der Waals surface area contributed by atoms with Gasteiger partial charge in [-0.1, -0.05) is 26.0 Å². The molecule has 1 aliphatic heterocycles. The summed E-state index contributed by atoms with van der Waals surface area (Å²) in [6.07, 6.45) is 1.90. The van der Waals surface area contributed by atoms with Crippen LogP contribution >= 0.6 is 0 Å². The standard InChI is InChI=1S/C17H26N2O2/c1-12(2)9-15(17(20)21-4)18-11-13-5-6-16-14(10-13)7-8-19(16)3/h5-6,10,12,15,18H,7-9,11H2,1-4H3. The second-order valence-electron chi connectivity index (χ2n) is 6.22. The van der Waals surface area contributed by atoms with Crippen molar-refractivity contribution in [1.82, 2.24) is 5.32 Å². The molecule has 21 heavy (non-hydrogen) atoms. The van der Waals surface area contributed by atoms with E-state index >= 15 is 0 Å². The predicted octanol–water partition coefficient (Wildman–Crippen LogP) is 2.36. The van der Waals surface area contributed by atoms with Crippen LogP contribution in [0.2, 0.25) is 0 Å². The van der Waals surface area contributed by atoms with Crippen LogP contribution in [0.25, 0.3) is 0 Å². The first kappa shape index (κ1) is 15.8. The molecule has 0 amide bonds. The van der Waals surface area contributed by atoms with Gasteiger partial charge in [0.15, 0.2) is 0 Å². The molecule has 0 bridgehead atoms. The minimum absolute atomic E-state index is 0.176. The number of esters is 1. The zero-order valence-corrected chi connectivity index (χ0v) is 13.5. The number of nitrogens with zero attached hydrogens (tertiary/aromatic N) is 1. The number of carbonyl (C=O) groups is 1. The van der Waals surface area contributed by atoms with Crippen molar-refractivity contribution >= 4 is 11.7 Å². The van der Waals surface area contributed by atoms with Gasteiger partial charge in [0.2, 0.25) is 0 Å². The van der Waals surface area contributed by atoms with E-state index in [0.29, 0.717) is 12.5 Å². The van der Waals surface area contributed by atoms with Gasteiger partial charge in [-0.3, -0.25) is 4.79 Å². The lowest BCUT2D eigenvalue weighted by Gasteiger charge is -2.19. The second-order valence-corrected chi connectivity index (χ2v) is 6.22. The van der Waals surface area contributed by atoms with Crippen molar-refractivity contribution in [2.45, 2.75) is 39.3 Å². The maximum absolute atomic E-state index is 11.8. The average Bonchev–Trinajstić information content (AvgIpc) is 2.83. The van der Waals surface area contributed by atoms with E-state index in [4.69, 9.17) is 4.74 Å². The molecular weight excluding hydrogens is 264 g/mol. The van der Waals surface area contributed by atoms with Gasteiger partial charge in [0.1, 0.15) is 6.04 Å². The van der Waals surface area contributed by atoms with Gasteiger partial charge in [0.05, 0.1) is 7.11 Å². The molecule has 4 nitrogen and oxygen atoms in total. The highest BCUT2D eigenvalue weighted by Crippen LogP contribution is 2.27. The fraction of sp³-hybridized carbons (Fsp3) is 0.588. The minimum atomic E-state index is -0.231. The molecular formula is C17H26N2O2. The van der Waals surface area contributed by atoms with E-state index in [0.717, 1.165) is 19.4 Å². The van der Waals surface area contributed by atoms with E-state index in [1.807, 2.05) is 0 Å². The highest BCUT2D eigenvalue weighted by atomic mass is 16.5. The van der Waals surface area contributed by atoms with Gasteiger partial charge in [-0.15, -0.1) is 0 Å². The maximum atomic E-state index is 11.8. The van der Waals surface area contributed by atoms with Gasteiger partial charge in [-0.05, 0) is 36.0 Å². The number of likely N-dealkylation sites (N-methyl/N-ethyl adjacent to an activating group) is 1. The van der Waals surface area contributed by atoms with Crippen molar-refractivity contribution < 1.29 is 9.53 Å². The lowest BCUT2D eigenvalue weighted by molar-refractivity contribution is -0.143. The van der Waals surface area contributed by atoms with Crippen LogP contribution in [-0.4, -0.2) is 32.7 Å². The number of ether oxygens (including phenoxy) is 1. The number of carbonyl (C=O) groups excluding carboxylic acids is 1. The summed E-state index contributed by atoms with van der Waals surface area (Å²) in [6.45, 7) is 6.01. The van der Waals surface area contributed by atoms with Crippen LogP contribution in [0, 0.1) is 5.92 Å². The first-order chi connectivity index (χ1) is 10.0. The van der Waals surface area contributed by atoms with E-state index in [1.54, 1.807) is 0 Å². The highest BCUT2D eigenvalue weighted by Gasteiger charge is 2.20. The summed E-state index contributed by atoms with van der Waals surface area (Å²) in [4.78, 5) is 14.1. The normalized spacial score (nSPS) is 15.2. The number of methoxy groups -OCH3 is 1. The van der Waals surface area contributed by atoms with E-state index in [9.17, 15) is 4.79 Å². The molecule has 1 N–H and O–H groups in total. The van der Waals surface area contributed by atoms with Crippen LogP contribution in [0.15, 0.2) is 18.2 Å². The van der Waals surface area contributed by atoms with E-state index in [-0.39, 0.29) is 12.0 Å². The Morgan fingerprint density at radius 2 is 2.19 bits per heavy atom. The number of hydrogen-bond donors (Lipinski definition) is 1. The van der Waals surface area contributed by atoms with E-state index in [1.165, 1.54) is 23.9 Å². The minimum Gasteiger partial charge on any atom is -0.468 e. The molecule has 2 rings (SSSR count). The second kappa shape index (κ2) is 6.94. The Bertz CT molecular complexity index is 500. The first-order valence-electron chi connectivity index (χ1n) is 7.65. The molecule has 0 spiro atoms. The summed E-state index contributed by atoms with van der Waals surface area (Å²) in [5.74, 6) is 0.278. The maximum Gasteiger partial charge on any atom is 0.322 e. The van der Waals surface area contributed by atoms with Crippen molar-refractivity contribution in [2.75, 3.05) is 25.6 Å². The average molecular weight is 290 g/mol. The Balaban J connectivity index is 1.99. The lowest BCUT2D eigenvalue weighted by Crippen LogP contribution is -2.38. The number of anilines is 1. The molecule has 1 heterocycles. The van der Waals surface area contributed by atoms with Gasteiger partial charge in [-0.2, -0.15) is 0 Å². The molecule has 0 aromatic heterocycles. The largest absolute Gasteiger partial charge is 0.468 e. The lowest BCUT2D eigenvalue weighted by atomic mass is 10.0. The molecule has 1 aliphatic rings.